The van der Waals surface area contributed by atoms with Crippen molar-refractivity contribution in [1.82, 2.24) is 0 Å². The Morgan fingerprint density at radius 3 is 2.91 bits per heavy atom. The predicted octanol–water partition coefficient (Wildman–Crippen LogP) is 4.63. The number of esters is 1. The van der Waals surface area contributed by atoms with Gasteiger partial charge in [-0.1, -0.05) is 12.1 Å². The first-order chi connectivity index (χ1) is 11.3. The summed E-state index contributed by atoms with van der Waals surface area (Å²) in [6, 6.07) is 5.74. The van der Waals surface area contributed by atoms with Crippen LogP contribution in [0.5, 0.6) is 0 Å². The number of carbonyl (C=O) groups excluding carboxylic acids is 1. The maximum Gasteiger partial charge on any atom is 0.337 e. The van der Waals surface area contributed by atoms with Crippen molar-refractivity contribution < 1.29 is 14.3 Å². The normalized spacial score (nSPS) is 22.3. The zero-order chi connectivity index (χ0) is 15.8. The Balaban J connectivity index is 1.84. The Hall–Kier alpha value is -2.55. The first-order valence-corrected chi connectivity index (χ1v) is 7.98. The lowest BCUT2D eigenvalue weighted by atomic mass is 9.87. The second kappa shape index (κ2) is 5.58. The molecule has 1 aromatic rings. The monoisotopic (exact) mass is 306 g/mol. The van der Waals surface area contributed by atoms with E-state index >= 15 is 0 Å². The van der Waals surface area contributed by atoms with E-state index in [4.69, 9.17) is 9.47 Å². The second-order valence-electron chi connectivity index (χ2n) is 5.99. The Morgan fingerprint density at radius 1 is 1.17 bits per heavy atom. The van der Waals surface area contributed by atoms with Gasteiger partial charge in [0.05, 0.1) is 18.9 Å². The third-order valence-corrected chi connectivity index (χ3v) is 4.65. The molecule has 4 rings (SSSR count). The minimum atomic E-state index is -0.302. The van der Waals surface area contributed by atoms with Crippen molar-refractivity contribution in [3.63, 3.8) is 0 Å². The third-order valence-electron chi connectivity index (χ3n) is 4.65. The second-order valence-corrected chi connectivity index (χ2v) is 5.99. The van der Waals surface area contributed by atoms with Crippen LogP contribution in [-0.4, -0.2) is 13.1 Å². The molecule has 23 heavy (non-hydrogen) atoms. The van der Waals surface area contributed by atoms with Crippen LogP contribution in [-0.2, 0) is 9.47 Å². The number of methoxy groups -OCH3 is 1. The van der Waals surface area contributed by atoms with Crippen molar-refractivity contribution in [2.45, 2.75) is 25.7 Å². The molecule has 0 spiro atoms. The van der Waals surface area contributed by atoms with Gasteiger partial charge in [0.1, 0.15) is 5.76 Å². The van der Waals surface area contributed by atoms with Gasteiger partial charge in [-0.25, -0.2) is 4.79 Å². The molecule has 2 aliphatic carbocycles. The van der Waals surface area contributed by atoms with Crippen LogP contribution >= 0.6 is 0 Å². The number of allylic oxidation sites excluding steroid dienone is 6. The van der Waals surface area contributed by atoms with E-state index in [2.05, 4.69) is 12.2 Å². The highest BCUT2D eigenvalue weighted by Gasteiger charge is 2.27. The molecule has 0 fully saturated rings. The Labute approximate surface area is 135 Å². The van der Waals surface area contributed by atoms with Gasteiger partial charge in [-0.15, -0.1) is 0 Å². The van der Waals surface area contributed by atoms with E-state index in [-0.39, 0.29) is 5.97 Å². The van der Waals surface area contributed by atoms with Gasteiger partial charge >= 0.3 is 5.97 Å². The number of ether oxygens (including phenoxy) is 2. The van der Waals surface area contributed by atoms with E-state index in [1.165, 1.54) is 36.7 Å². The van der Waals surface area contributed by atoms with E-state index in [1.54, 1.807) is 6.26 Å². The van der Waals surface area contributed by atoms with Crippen LogP contribution in [0.3, 0.4) is 0 Å². The first kappa shape index (κ1) is 14.1. The number of hydrogen-bond acceptors (Lipinski definition) is 3. The average molecular weight is 306 g/mol. The molecule has 1 heterocycles. The summed E-state index contributed by atoms with van der Waals surface area (Å²) in [6.45, 7) is 0. The smallest absolute Gasteiger partial charge is 0.337 e. The third kappa shape index (κ3) is 2.33. The summed E-state index contributed by atoms with van der Waals surface area (Å²) in [5.74, 6) is 0.787. The highest BCUT2D eigenvalue weighted by Crippen LogP contribution is 2.44. The molecule has 0 amide bonds. The van der Waals surface area contributed by atoms with Gasteiger partial charge in [0, 0.05) is 6.42 Å². The van der Waals surface area contributed by atoms with Crippen LogP contribution in [0.15, 0.2) is 53.5 Å². The van der Waals surface area contributed by atoms with Crippen LogP contribution < -0.4 is 0 Å². The minimum Gasteiger partial charge on any atom is -0.469 e. The van der Waals surface area contributed by atoms with E-state index < -0.39 is 0 Å². The molecule has 0 atom stereocenters. The van der Waals surface area contributed by atoms with Gasteiger partial charge in [-0.2, -0.15) is 0 Å². The van der Waals surface area contributed by atoms with E-state index in [1.807, 2.05) is 24.3 Å². The van der Waals surface area contributed by atoms with Crippen molar-refractivity contribution >= 4 is 17.6 Å². The SMILES string of the molecule is COC(=O)c1ccc2c(c1)/C1=C/C=C\OC3=C(CCCC3)C1=C2. The number of fused-ring (bicyclic) bond motifs is 4. The number of hydrogen-bond donors (Lipinski definition) is 0. The molecule has 3 nitrogen and oxygen atoms in total. The summed E-state index contributed by atoms with van der Waals surface area (Å²) in [7, 11) is 1.41. The van der Waals surface area contributed by atoms with Crippen LogP contribution in [0.2, 0.25) is 0 Å². The summed E-state index contributed by atoms with van der Waals surface area (Å²) in [4.78, 5) is 11.8. The van der Waals surface area contributed by atoms with Gasteiger partial charge < -0.3 is 9.47 Å². The molecule has 0 saturated heterocycles. The fraction of sp³-hybridized carbons (Fsp3) is 0.250. The quantitative estimate of drug-likeness (QED) is 0.710. The molecule has 1 aromatic carbocycles. The Kier molecular flexibility index (Phi) is 3.41. The fourth-order valence-electron chi connectivity index (χ4n) is 3.52. The summed E-state index contributed by atoms with van der Waals surface area (Å²) >= 11 is 0. The van der Waals surface area contributed by atoms with Gasteiger partial charge in [0.25, 0.3) is 0 Å². The molecule has 0 saturated carbocycles. The highest BCUT2D eigenvalue weighted by atomic mass is 16.5. The van der Waals surface area contributed by atoms with E-state index in [9.17, 15) is 4.79 Å². The molecule has 1 aliphatic heterocycles. The average Bonchev–Trinajstić information content (AvgIpc) is 2.93. The number of rotatable bonds is 1. The molecular weight excluding hydrogens is 288 g/mol. The minimum absolute atomic E-state index is 0.302. The van der Waals surface area contributed by atoms with Crippen LogP contribution in [0, 0.1) is 0 Å². The summed E-state index contributed by atoms with van der Waals surface area (Å²) in [5, 5.41) is 0. The molecule has 0 N–H and O–H groups in total. The van der Waals surface area contributed by atoms with Crippen molar-refractivity contribution in [3.8, 4) is 0 Å². The lowest BCUT2D eigenvalue weighted by Crippen LogP contribution is -2.05. The van der Waals surface area contributed by atoms with Gasteiger partial charge in [0.2, 0.25) is 0 Å². The van der Waals surface area contributed by atoms with Gasteiger partial charge in [-0.05, 0) is 71.4 Å². The molecule has 0 bridgehead atoms. The van der Waals surface area contributed by atoms with E-state index in [0.717, 1.165) is 29.7 Å². The van der Waals surface area contributed by atoms with E-state index in [0.29, 0.717) is 5.56 Å². The van der Waals surface area contributed by atoms with Crippen LogP contribution in [0.4, 0.5) is 0 Å². The molecule has 3 aliphatic rings. The topological polar surface area (TPSA) is 35.5 Å². The summed E-state index contributed by atoms with van der Waals surface area (Å²) in [6.07, 6.45) is 12.4. The molecule has 0 radical (unpaired) electrons. The van der Waals surface area contributed by atoms with Crippen molar-refractivity contribution in [3.05, 3.63) is 70.2 Å². The first-order valence-electron chi connectivity index (χ1n) is 7.98. The van der Waals surface area contributed by atoms with Crippen molar-refractivity contribution in [2.24, 2.45) is 0 Å². The summed E-state index contributed by atoms with van der Waals surface area (Å²) < 4.78 is 10.7. The van der Waals surface area contributed by atoms with Crippen LogP contribution in [0.25, 0.3) is 11.6 Å². The van der Waals surface area contributed by atoms with Crippen molar-refractivity contribution in [1.29, 1.82) is 0 Å². The lowest BCUT2D eigenvalue weighted by Gasteiger charge is -2.22. The molecule has 116 valence electrons. The van der Waals surface area contributed by atoms with Crippen LogP contribution in [0.1, 0.15) is 47.2 Å². The lowest BCUT2D eigenvalue weighted by molar-refractivity contribution is 0.0600. The molecular formula is C20H18O3. The zero-order valence-electron chi connectivity index (χ0n) is 13.1. The highest BCUT2D eigenvalue weighted by molar-refractivity contribution is 6.01. The Morgan fingerprint density at radius 2 is 2.04 bits per heavy atom. The molecule has 3 heteroatoms. The maximum atomic E-state index is 11.8. The summed E-state index contributed by atoms with van der Waals surface area (Å²) in [5.41, 5.74) is 6.53. The molecule has 0 aromatic heterocycles. The van der Waals surface area contributed by atoms with Gasteiger partial charge in [-0.3, -0.25) is 0 Å². The maximum absolute atomic E-state index is 11.8. The predicted molar refractivity (Wildman–Crippen MR) is 89.5 cm³/mol. The zero-order valence-corrected chi connectivity index (χ0v) is 13.1. The standard InChI is InChI=1S/C20H18O3/c1-22-20(21)14-9-8-13-11-18-15(17(13)12-14)6-4-10-23-19-7-3-2-5-16(18)19/h4,6,8-12H,2-3,5,7H2,1H3/b10-4-,15-6-. The largest absolute Gasteiger partial charge is 0.469 e. The number of benzene rings is 1. The fourth-order valence-corrected chi connectivity index (χ4v) is 3.52. The van der Waals surface area contributed by atoms with Gasteiger partial charge in [0.15, 0.2) is 0 Å². The number of carbonyl (C=O) groups is 1. The van der Waals surface area contributed by atoms with Crippen molar-refractivity contribution in [2.75, 3.05) is 7.11 Å². The Bertz CT molecular complexity index is 806. The molecule has 0 unspecified atom stereocenters.